The van der Waals surface area contributed by atoms with Gasteiger partial charge in [-0.15, -0.1) is 0 Å². The monoisotopic (exact) mass is 595 g/mol. The molecule has 0 atom stereocenters. The highest BCUT2D eigenvalue weighted by Crippen LogP contribution is 2.17. The topological polar surface area (TPSA) is 118 Å². The Hall–Kier alpha value is -5.15. The number of nitro groups is 1. The Morgan fingerprint density at radius 1 is 0.750 bits per heavy atom. The number of halogens is 1. The molecule has 40 heavy (non-hydrogen) atoms. The van der Waals surface area contributed by atoms with Crippen LogP contribution in [0.1, 0.15) is 31.8 Å². The summed E-state index contributed by atoms with van der Waals surface area (Å²) < 4.78 is 0.944. The number of hydrogen-bond acceptors (Lipinski definition) is 5. The minimum Gasteiger partial charge on any atom is -0.321 e. The number of ketones is 1. The second kappa shape index (κ2) is 13.1. The molecule has 2 amide bonds. The van der Waals surface area contributed by atoms with E-state index in [2.05, 4.69) is 26.6 Å². The number of nitro benzene ring substituents is 1. The maximum Gasteiger partial charge on any atom is 0.272 e. The molecule has 0 aliphatic heterocycles. The first kappa shape index (κ1) is 27.9. The fourth-order valence-electron chi connectivity index (χ4n) is 3.56. The number of rotatable bonds is 9. The normalized spacial score (nSPS) is 11.2. The Bertz CT molecular complexity index is 1600. The average molecular weight is 596 g/mol. The number of nitrogens with one attached hydrogen (secondary N) is 2. The zero-order chi connectivity index (χ0) is 28.5. The zero-order valence-corrected chi connectivity index (χ0v) is 22.5. The van der Waals surface area contributed by atoms with Gasteiger partial charge < -0.3 is 10.6 Å². The van der Waals surface area contributed by atoms with Crippen molar-refractivity contribution in [3.05, 3.63) is 152 Å². The SMILES string of the molecule is O=C(Nc1ccc(C(=O)/C=C/c2ccc(Br)cc2)cc1)/C(=C/c1ccc([N+](=O)[O-])cc1)NC(=O)c1ccccc1. The van der Waals surface area contributed by atoms with Gasteiger partial charge in [-0.1, -0.05) is 52.3 Å². The summed E-state index contributed by atoms with van der Waals surface area (Å²) in [6, 6.07) is 27.8. The van der Waals surface area contributed by atoms with Gasteiger partial charge in [0.25, 0.3) is 17.5 Å². The minimum atomic E-state index is -0.614. The summed E-state index contributed by atoms with van der Waals surface area (Å²) in [6.45, 7) is 0. The number of non-ortho nitro benzene ring substituents is 1. The second-order valence-corrected chi connectivity index (χ2v) is 9.42. The van der Waals surface area contributed by atoms with Crippen LogP contribution in [0.5, 0.6) is 0 Å². The lowest BCUT2D eigenvalue weighted by Crippen LogP contribution is -2.30. The van der Waals surface area contributed by atoms with Crippen LogP contribution in [-0.2, 0) is 4.79 Å². The van der Waals surface area contributed by atoms with E-state index in [1.807, 2.05) is 24.3 Å². The summed E-state index contributed by atoms with van der Waals surface area (Å²) in [4.78, 5) is 49.0. The van der Waals surface area contributed by atoms with Crippen molar-refractivity contribution in [1.82, 2.24) is 5.32 Å². The van der Waals surface area contributed by atoms with Crippen LogP contribution >= 0.6 is 15.9 Å². The number of carbonyl (C=O) groups is 3. The van der Waals surface area contributed by atoms with Crippen LogP contribution in [-0.4, -0.2) is 22.5 Å². The molecule has 0 aliphatic carbocycles. The van der Waals surface area contributed by atoms with Gasteiger partial charge in [0.15, 0.2) is 5.78 Å². The van der Waals surface area contributed by atoms with Crippen LogP contribution in [0.2, 0.25) is 0 Å². The van der Waals surface area contributed by atoms with Crippen LogP contribution in [0.3, 0.4) is 0 Å². The highest BCUT2D eigenvalue weighted by atomic mass is 79.9. The number of amides is 2. The molecular weight excluding hydrogens is 574 g/mol. The van der Waals surface area contributed by atoms with Crippen LogP contribution < -0.4 is 10.6 Å². The first-order chi connectivity index (χ1) is 19.3. The molecule has 0 radical (unpaired) electrons. The van der Waals surface area contributed by atoms with E-state index < -0.39 is 16.7 Å². The number of anilines is 1. The molecule has 4 aromatic rings. The zero-order valence-electron chi connectivity index (χ0n) is 20.9. The third kappa shape index (κ3) is 7.68. The average Bonchev–Trinajstić information content (AvgIpc) is 2.97. The molecule has 198 valence electrons. The molecule has 0 aromatic heterocycles. The van der Waals surface area contributed by atoms with Gasteiger partial charge >= 0.3 is 0 Å². The molecule has 0 saturated heterocycles. The lowest BCUT2D eigenvalue weighted by molar-refractivity contribution is -0.384. The van der Waals surface area contributed by atoms with E-state index in [-0.39, 0.29) is 17.2 Å². The molecule has 4 rings (SSSR count). The molecule has 0 heterocycles. The molecule has 0 spiro atoms. The van der Waals surface area contributed by atoms with Crippen LogP contribution in [0.4, 0.5) is 11.4 Å². The Morgan fingerprint density at radius 3 is 2.00 bits per heavy atom. The predicted molar refractivity (Wildman–Crippen MR) is 158 cm³/mol. The molecule has 0 saturated carbocycles. The largest absolute Gasteiger partial charge is 0.321 e. The van der Waals surface area contributed by atoms with E-state index in [9.17, 15) is 24.5 Å². The molecule has 2 N–H and O–H groups in total. The lowest BCUT2D eigenvalue weighted by atomic mass is 10.1. The summed E-state index contributed by atoms with van der Waals surface area (Å²) in [6.07, 6.45) is 4.61. The van der Waals surface area contributed by atoms with Crippen molar-refractivity contribution < 1.29 is 19.3 Å². The minimum absolute atomic E-state index is 0.0692. The number of allylic oxidation sites excluding steroid dienone is 1. The summed E-state index contributed by atoms with van der Waals surface area (Å²) in [5, 5.41) is 16.3. The van der Waals surface area contributed by atoms with Crippen molar-refractivity contribution in [2.75, 3.05) is 5.32 Å². The van der Waals surface area contributed by atoms with E-state index in [1.54, 1.807) is 60.7 Å². The third-order valence-corrected chi connectivity index (χ3v) is 6.20. The van der Waals surface area contributed by atoms with E-state index in [4.69, 9.17) is 0 Å². The van der Waals surface area contributed by atoms with Gasteiger partial charge in [0.1, 0.15) is 5.70 Å². The Labute approximate surface area is 238 Å². The summed E-state index contributed by atoms with van der Waals surface area (Å²) >= 11 is 3.37. The predicted octanol–water partition coefficient (Wildman–Crippen LogP) is 6.66. The number of nitrogens with zero attached hydrogens (tertiary/aromatic N) is 1. The maximum absolute atomic E-state index is 13.2. The molecular formula is C31H22BrN3O5. The van der Waals surface area contributed by atoms with Crippen LogP contribution in [0.25, 0.3) is 12.2 Å². The lowest BCUT2D eigenvalue weighted by Gasteiger charge is -2.12. The van der Waals surface area contributed by atoms with Gasteiger partial charge in [-0.05, 0) is 83.9 Å². The molecule has 0 bridgehead atoms. The molecule has 4 aromatic carbocycles. The fourth-order valence-corrected chi connectivity index (χ4v) is 3.82. The van der Waals surface area contributed by atoms with Crippen molar-refractivity contribution in [3.8, 4) is 0 Å². The Morgan fingerprint density at radius 2 is 1.38 bits per heavy atom. The van der Waals surface area contributed by atoms with Crippen molar-refractivity contribution >= 4 is 57.1 Å². The smallest absolute Gasteiger partial charge is 0.272 e. The molecule has 8 nitrogen and oxygen atoms in total. The number of hydrogen-bond donors (Lipinski definition) is 2. The first-order valence-electron chi connectivity index (χ1n) is 12.0. The Kier molecular flexibility index (Phi) is 9.11. The maximum atomic E-state index is 13.2. The van der Waals surface area contributed by atoms with Gasteiger partial charge in [0, 0.05) is 33.4 Å². The number of carbonyl (C=O) groups excluding carboxylic acids is 3. The molecule has 0 unspecified atom stereocenters. The van der Waals surface area contributed by atoms with Gasteiger partial charge in [-0.25, -0.2) is 0 Å². The Balaban J connectivity index is 1.50. The van der Waals surface area contributed by atoms with E-state index >= 15 is 0 Å². The highest BCUT2D eigenvalue weighted by Gasteiger charge is 2.16. The first-order valence-corrected chi connectivity index (χ1v) is 12.8. The van der Waals surface area contributed by atoms with Crippen molar-refractivity contribution in [2.45, 2.75) is 0 Å². The van der Waals surface area contributed by atoms with E-state index in [1.165, 1.54) is 36.4 Å². The summed E-state index contributed by atoms with van der Waals surface area (Å²) in [5.41, 5.74) is 2.38. The van der Waals surface area contributed by atoms with E-state index in [0.29, 0.717) is 22.4 Å². The third-order valence-electron chi connectivity index (χ3n) is 5.67. The van der Waals surface area contributed by atoms with E-state index in [0.717, 1.165) is 10.0 Å². The quantitative estimate of drug-likeness (QED) is 0.0970. The van der Waals surface area contributed by atoms with Crippen molar-refractivity contribution in [1.29, 1.82) is 0 Å². The molecule has 0 fully saturated rings. The standard InChI is InChI=1S/C31H22BrN3O5/c32-25-13-6-21(7-14-25)10-19-29(36)23-11-15-26(16-12-23)33-31(38)28(34-30(37)24-4-2-1-3-5-24)20-22-8-17-27(18-9-22)35(39)40/h1-20H,(H,33,38)(H,34,37)/b19-10+,28-20-. The fraction of sp³-hybridized carbons (Fsp3) is 0. The van der Waals surface area contributed by atoms with Gasteiger partial charge in [-0.2, -0.15) is 0 Å². The van der Waals surface area contributed by atoms with Gasteiger partial charge in [0.2, 0.25) is 0 Å². The highest BCUT2D eigenvalue weighted by molar-refractivity contribution is 9.10. The van der Waals surface area contributed by atoms with Crippen molar-refractivity contribution in [2.24, 2.45) is 0 Å². The summed E-state index contributed by atoms with van der Waals surface area (Å²) in [5.74, 6) is -1.31. The second-order valence-electron chi connectivity index (χ2n) is 8.51. The van der Waals surface area contributed by atoms with Gasteiger partial charge in [0.05, 0.1) is 4.92 Å². The van der Waals surface area contributed by atoms with Crippen molar-refractivity contribution in [3.63, 3.8) is 0 Å². The molecule has 0 aliphatic rings. The summed E-state index contributed by atoms with van der Waals surface area (Å²) in [7, 11) is 0. The molecule has 9 heteroatoms. The number of benzene rings is 4. The van der Waals surface area contributed by atoms with Crippen LogP contribution in [0.15, 0.2) is 119 Å². The van der Waals surface area contributed by atoms with Crippen LogP contribution in [0, 0.1) is 10.1 Å². The van der Waals surface area contributed by atoms with Gasteiger partial charge in [-0.3, -0.25) is 24.5 Å².